The predicted molar refractivity (Wildman–Crippen MR) is 154 cm³/mol. The number of piperidine rings is 1. The smallest absolute Gasteiger partial charge is 0.0802 e. The van der Waals surface area contributed by atoms with E-state index in [0.29, 0.717) is 40.5 Å². The molecule has 0 bridgehead atoms. The van der Waals surface area contributed by atoms with Crippen molar-refractivity contribution in [2.75, 3.05) is 0 Å². The summed E-state index contributed by atoms with van der Waals surface area (Å²) >= 11 is 0. The molecule has 0 aromatic heterocycles. The van der Waals surface area contributed by atoms with Crippen molar-refractivity contribution in [3.8, 4) is 0 Å². The maximum absolute atomic E-state index is 10.6. The van der Waals surface area contributed by atoms with Gasteiger partial charge in [0.05, 0.1) is 12.2 Å². The average molecular weight is 520 g/mol. The number of aliphatic hydroxyl groups excluding tert-OH is 2. The number of hydrogen-bond donors (Lipinski definition) is 3. The summed E-state index contributed by atoms with van der Waals surface area (Å²) in [5, 5.41) is 25.4. The minimum Gasteiger partial charge on any atom is -0.390 e. The Kier molecular flexibility index (Phi) is 6.03. The molecule has 0 aromatic rings. The Morgan fingerprint density at radius 2 is 1.74 bits per heavy atom. The van der Waals surface area contributed by atoms with Crippen LogP contribution in [0.15, 0.2) is 34.9 Å². The summed E-state index contributed by atoms with van der Waals surface area (Å²) in [6.07, 6.45) is 17.9. The van der Waals surface area contributed by atoms with Crippen molar-refractivity contribution >= 4 is 0 Å². The van der Waals surface area contributed by atoms with Crippen LogP contribution in [-0.4, -0.2) is 34.0 Å². The Labute approximate surface area is 231 Å². The van der Waals surface area contributed by atoms with E-state index < -0.39 is 12.2 Å². The normalized spacial score (nSPS) is 51.3. The summed E-state index contributed by atoms with van der Waals surface area (Å²) < 4.78 is 0. The van der Waals surface area contributed by atoms with E-state index in [1.807, 2.05) is 0 Å². The van der Waals surface area contributed by atoms with Gasteiger partial charge < -0.3 is 15.5 Å². The Bertz CT molecular complexity index is 1070. The zero-order chi connectivity index (χ0) is 26.6. The number of fused-ring (bicyclic) bond motifs is 7. The molecule has 0 aromatic carbocycles. The van der Waals surface area contributed by atoms with Gasteiger partial charge in [0.2, 0.25) is 0 Å². The first-order chi connectivity index (χ1) is 18.0. The Hall–Kier alpha value is -0.900. The number of allylic oxidation sites excluding steroid dienone is 4. The van der Waals surface area contributed by atoms with Crippen LogP contribution < -0.4 is 5.32 Å². The fourth-order valence-corrected chi connectivity index (χ4v) is 12.3. The van der Waals surface area contributed by atoms with Crippen molar-refractivity contribution in [3.05, 3.63) is 34.9 Å². The summed E-state index contributed by atoms with van der Waals surface area (Å²) in [5.41, 5.74) is 7.31. The molecule has 11 atom stereocenters. The monoisotopic (exact) mass is 519 g/mol. The molecule has 3 heteroatoms. The second-order valence-electron chi connectivity index (χ2n) is 15.9. The minimum absolute atomic E-state index is 0.164. The Morgan fingerprint density at radius 3 is 2.47 bits per heavy atom. The van der Waals surface area contributed by atoms with E-state index in [-0.39, 0.29) is 5.54 Å². The van der Waals surface area contributed by atoms with Gasteiger partial charge in [-0.15, -0.1) is 0 Å². The molecule has 11 unspecified atom stereocenters. The maximum Gasteiger partial charge on any atom is 0.0802 e. The lowest BCUT2D eigenvalue weighted by atomic mass is 9.47. The molecule has 0 radical (unpaired) electrons. The minimum atomic E-state index is -0.527. The van der Waals surface area contributed by atoms with Crippen LogP contribution in [0.3, 0.4) is 0 Å². The van der Waals surface area contributed by atoms with Gasteiger partial charge in [-0.3, -0.25) is 0 Å². The van der Waals surface area contributed by atoms with Crippen LogP contribution >= 0.6 is 0 Å². The van der Waals surface area contributed by atoms with Gasteiger partial charge in [-0.05, 0) is 138 Å². The highest BCUT2D eigenvalue weighted by atomic mass is 16.3. The first kappa shape index (κ1) is 26.0. The summed E-state index contributed by atoms with van der Waals surface area (Å²) in [4.78, 5) is 0. The van der Waals surface area contributed by atoms with Gasteiger partial charge in [-0.25, -0.2) is 0 Å². The van der Waals surface area contributed by atoms with Crippen LogP contribution in [0.4, 0.5) is 0 Å². The SMILES string of the molecule is C=C(C)C1CC2=C(C)C=C(C3CCC4CC5CC6CC(O)C(O)CC6C5C4(C)N3)CC2(C)C2(CCCC2)C1. The zero-order valence-corrected chi connectivity index (χ0v) is 24.6. The van der Waals surface area contributed by atoms with E-state index in [1.54, 1.807) is 16.7 Å². The third kappa shape index (κ3) is 3.56. The van der Waals surface area contributed by atoms with Crippen LogP contribution in [0.2, 0.25) is 0 Å². The van der Waals surface area contributed by atoms with E-state index in [4.69, 9.17) is 0 Å². The number of rotatable bonds is 2. The molecule has 6 aliphatic carbocycles. The highest BCUT2D eigenvalue weighted by Gasteiger charge is 2.63. The lowest BCUT2D eigenvalue weighted by Crippen LogP contribution is -2.61. The molecule has 1 spiro atoms. The maximum atomic E-state index is 10.6. The summed E-state index contributed by atoms with van der Waals surface area (Å²) in [5.74, 6) is 4.02. The summed E-state index contributed by atoms with van der Waals surface area (Å²) in [6, 6.07) is 0.485. The van der Waals surface area contributed by atoms with E-state index in [1.165, 1.54) is 76.2 Å². The van der Waals surface area contributed by atoms with Gasteiger partial charge in [0.15, 0.2) is 0 Å². The van der Waals surface area contributed by atoms with Gasteiger partial charge in [0.1, 0.15) is 0 Å². The van der Waals surface area contributed by atoms with Gasteiger partial charge >= 0.3 is 0 Å². The lowest BCUT2D eigenvalue weighted by molar-refractivity contribution is -0.0565. The van der Waals surface area contributed by atoms with Gasteiger partial charge in [-0.1, -0.05) is 54.7 Å². The number of hydrogen-bond acceptors (Lipinski definition) is 3. The third-order valence-corrected chi connectivity index (χ3v) is 14.2. The van der Waals surface area contributed by atoms with Crippen molar-refractivity contribution in [3.63, 3.8) is 0 Å². The molecule has 1 saturated heterocycles. The number of nitrogens with one attached hydrogen (secondary N) is 1. The molecule has 3 nitrogen and oxygen atoms in total. The zero-order valence-electron chi connectivity index (χ0n) is 24.6. The molecule has 7 aliphatic rings. The van der Waals surface area contributed by atoms with Crippen LogP contribution in [0.5, 0.6) is 0 Å². The van der Waals surface area contributed by atoms with Crippen molar-refractivity contribution in [1.82, 2.24) is 5.32 Å². The first-order valence-corrected chi connectivity index (χ1v) is 16.2. The quantitative estimate of drug-likeness (QED) is 0.341. The van der Waals surface area contributed by atoms with Crippen LogP contribution in [0.1, 0.15) is 111 Å². The van der Waals surface area contributed by atoms with Gasteiger partial charge in [0.25, 0.3) is 0 Å². The Balaban J connectivity index is 1.19. The first-order valence-electron chi connectivity index (χ1n) is 16.2. The van der Waals surface area contributed by atoms with Crippen molar-refractivity contribution < 1.29 is 10.2 Å². The molecule has 5 saturated carbocycles. The van der Waals surface area contributed by atoms with Crippen LogP contribution in [0, 0.1) is 46.3 Å². The van der Waals surface area contributed by atoms with Crippen LogP contribution in [0.25, 0.3) is 0 Å². The van der Waals surface area contributed by atoms with Crippen LogP contribution in [-0.2, 0) is 0 Å². The highest BCUT2D eigenvalue weighted by Crippen LogP contribution is 2.68. The average Bonchev–Trinajstić information content (AvgIpc) is 3.54. The molecule has 38 heavy (non-hydrogen) atoms. The fourth-order valence-electron chi connectivity index (χ4n) is 12.3. The van der Waals surface area contributed by atoms with E-state index in [2.05, 4.69) is 45.7 Å². The molecule has 7 rings (SSSR count). The molecule has 210 valence electrons. The van der Waals surface area contributed by atoms with Crippen molar-refractivity contribution in [2.24, 2.45) is 46.3 Å². The van der Waals surface area contributed by atoms with E-state index >= 15 is 0 Å². The second-order valence-corrected chi connectivity index (χ2v) is 15.9. The molecule has 0 amide bonds. The molecule has 1 heterocycles. The van der Waals surface area contributed by atoms with Gasteiger partial charge in [-0.2, -0.15) is 0 Å². The van der Waals surface area contributed by atoms with Crippen molar-refractivity contribution in [2.45, 2.75) is 135 Å². The largest absolute Gasteiger partial charge is 0.390 e. The highest BCUT2D eigenvalue weighted by molar-refractivity contribution is 5.44. The van der Waals surface area contributed by atoms with E-state index in [0.717, 1.165) is 24.7 Å². The predicted octanol–water partition coefficient (Wildman–Crippen LogP) is 7.10. The molecule has 1 aliphatic heterocycles. The van der Waals surface area contributed by atoms with Gasteiger partial charge in [0, 0.05) is 11.6 Å². The molecule has 6 fully saturated rings. The Morgan fingerprint density at radius 1 is 1.00 bits per heavy atom. The summed E-state index contributed by atoms with van der Waals surface area (Å²) in [7, 11) is 0. The third-order valence-electron chi connectivity index (χ3n) is 14.2. The standard InChI is InChI=1S/C35H53NO2/c1-20(2)24-15-28-21(3)12-25(18-33(28,4)35(19-24)10-6-7-11-35)29-9-8-26-14-23-13-22-16-30(37)31(38)17-27(22)32(23)34(26,5)36-29/h12,22-24,26-27,29-32,36-38H,1,6-11,13-19H2,2-5H3. The fraction of sp³-hybridized carbons (Fsp3) is 0.829. The number of aliphatic hydroxyl groups is 2. The second kappa shape index (κ2) is 8.80. The molecular formula is C35H53NO2. The summed E-state index contributed by atoms with van der Waals surface area (Å²) in [6.45, 7) is 14.3. The molecular weight excluding hydrogens is 466 g/mol. The van der Waals surface area contributed by atoms with Crippen molar-refractivity contribution in [1.29, 1.82) is 0 Å². The molecule has 3 N–H and O–H groups in total. The topological polar surface area (TPSA) is 52.5 Å². The lowest BCUT2D eigenvalue weighted by Gasteiger charge is -2.58. The van der Waals surface area contributed by atoms with E-state index in [9.17, 15) is 10.2 Å².